The van der Waals surface area contributed by atoms with Crippen LogP contribution in [-0.2, 0) is 14.8 Å². The number of sulfonamides is 1. The van der Waals surface area contributed by atoms with Crippen molar-refractivity contribution in [2.24, 2.45) is 4.40 Å². The summed E-state index contributed by atoms with van der Waals surface area (Å²) in [5.74, 6) is -0.00792. The molecule has 0 radical (unpaired) electrons. The lowest BCUT2D eigenvalue weighted by atomic mass is 10.2. The Morgan fingerprint density at radius 3 is 2.40 bits per heavy atom. The number of nitrogens with zero attached hydrogens (tertiary/aromatic N) is 3. The molecule has 25 heavy (non-hydrogen) atoms. The van der Waals surface area contributed by atoms with Crippen LogP contribution >= 0.6 is 0 Å². The van der Waals surface area contributed by atoms with E-state index in [0.29, 0.717) is 5.56 Å². The highest BCUT2D eigenvalue weighted by atomic mass is 32.2. The number of para-hydroxylation sites is 1. The maximum absolute atomic E-state index is 12.3. The van der Waals surface area contributed by atoms with Crippen molar-refractivity contribution < 1.29 is 13.2 Å². The van der Waals surface area contributed by atoms with Crippen LogP contribution in [0.3, 0.4) is 0 Å². The first-order valence-corrected chi connectivity index (χ1v) is 9.06. The van der Waals surface area contributed by atoms with Crippen LogP contribution in [0.2, 0.25) is 0 Å². The fourth-order valence-electron chi connectivity index (χ4n) is 2.59. The van der Waals surface area contributed by atoms with Gasteiger partial charge in [-0.05, 0) is 24.3 Å². The largest absolute Gasteiger partial charge is 0.349 e. The lowest BCUT2D eigenvalue weighted by Crippen LogP contribution is -2.45. The molecule has 1 amide bonds. The zero-order chi connectivity index (χ0) is 18.0. The number of amidine groups is 1. The summed E-state index contributed by atoms with van der Waals surface area (Å²) in [5, 5.41) is 1.61. The van der Waals surface area contributed by atoms with Crippen LogP contribution in [0, 0.1) is 0 Å². The van der Waals surface area contributed by atoms with E-state index in [-0.39, 0.29) is 23.2 Å². The van der Waals surface area contributed by atoms with Gasteiger partial charge in [-0.2, -0.15) is 8.42 Å². The van der Waals surface area contributed by atoms with Gasteiger partial charge in [0.15, 0.2) is 5.84 Å². The number of fused-ring (bicyclic) bond motifs is 1. The van der Waals surface area contributed by atoms with Crippen LogP contribution in [-0.4, -0.2) is 45.7 Å². The lowest BCUT2D eigenvalue weighted by Gasteiger charge is -2.23. The number of hydrazine groups is 1. The zero-order valence-corrected chi connectivity index (χ0v) is 14.7. The van der Waals surface area contributed by atoms with Crippen LogP contribution in [0.1, 0.15) is 5.56 Å². The van der Waals surface area contributed by atoms with Crippen LogP contribution in [0.4, 0.5) is 5.69 Å². The fraction of sp³-hybridized carbons (Fsp3) is 0.176. The minimum atomic E-state index is -3.70. The third-order valence-corrected chi connectivity index (χ3v) is 5.12. The third-order valence-electron chi connectivity index (χ3n) is 3.79. The SMILES string of the molecule is CN(CC(=O)NN(C)c1ccccc1)C1=NS(=O)(=O)c2ccccc21. The molecule has 1 N–H and O–H groups in total. The van der Waals surface area contributed by atoms with E-state index in [1.54, 1.807) is 37.3 Å². The second kappa shape index (κ2) is 6.56. The lowest BCUT2D eigenvalue weighted by molar-refractivity contribution is -0.121. The first-order valence-electron chi connectivity index (χ1n) is 7.62. The van der Waals surface area contributed by atoms with Crippen LogP contribution < -0.4 is 10.4 Å². The van der Waals surface area contributed by atoms with E-state index in [2.05, 4.69) is 9.82 Å². The molecule has 0 unspecified atom stereocenters. The Hall–Kier alpha value is -2.87. The van der Waals surface area contributed by atoms with Crippen LogP contribution in [0.5, 0.6) is 0 Å². The van der Waals surface area contributed by atoms with Crippen molar-refractivity contribution in [1.82, 2.24) is 10.3 Å². The Balaban J connectivity index is 1.71. The number of rotatable bonds is 4. The molecule has 7 nitrogen and oxygen atoms in total. The summed E-state index contributed by atoms with van der Waals surface area (Å²) < 4.78 is 28.0. The highest BCUT2D eigenvalue weighted by molar-refractivity contribution is 7.90. The number of hydrogen-bond donors (Lipinski definition) is 1. The van der Waals surface area contributed by atoms with Gasteiger partial charge in [-0.25, -0.2) is 0 Å². The van der Waals surface area contributed by atoms with Crippen molar-refractivity contribution in [2.45, 2.75) is 4.90 Å². The van der Waals surface area contributed by atoms with Gasteiger partial charge in [0, 0.05) is 19.7 Å². The van der Waals surface area contributed by atoms with Gasteiger partial charge in [-0.1, -0.05) is 30.3 Å². The Labute approximate surface area is 146 Å². The first kappa shape index (κ1) is 17.0. The molecule has 0 spiro atoms. The van der Waals surface area contributed by atoms with Gasteiger partial charge < -0.3 is 4.90 Å². The van der Waals surface area contributed by atoms with Crippen molar-refractivity contribution in [3.63, 3.8) is 0 Å². The van der Waals surface area contributed by atoms with E-state index in [4.69, 9.17) is 0 Å². The molecule has 0 aliphatic carbocycles. The Morgan fingerprint density at radius 2 is 1.68 bits per heavy atom. The smallest absolute Gasteiger partial charge is 0.285 e. The molecule has 2 aromatic carbocycles. The molecular weight excluding hydrogens is 340 g/mol. The Kier molecular flexibility index (Phi) is 4.45. The monoisotopic (exact) mass is 358 g/mol. The normalized spacial score (nSPS) is 14.4. The number of benzene rings is 2. The molecule has 1 aliphatic heterocycles. The highest BCUT2D eigenvalue weighted by Crippen LogP contribution is 2.26. The van der Waals surface area contributed by atoms with Gasteiger partial charge >= 0.3 is 0 Å². The molecule has 1 heterocycles. The van der Waals surface area contributed by atoms with Crippen LogP contribution in [0.25, 0.3) is 0 Å². The number of carbonyl (C=O) groups excluding carboxylic acids is 1. The minimum Gasteiger partial charge on any atom is -0.349 e. The van der Waals surface area contributed by atoms with Crippen molar-refractivity contribution in [3.05, 3.63) is 60.2 Å². The summed E-state index contributed by atoms with van der Waals surface area (Å²) in [7, 11) is -0.324. The topological polar surface area (TPSA) is 82.1 Å². The summed E-state index contributed by atoms with van der Waals surface area (Å²) in [4.78, 5) is 14.0. The van der Waals surface area contributed by atoms with E-state index in [0.717, 1.165) is 5.69 Å². The number of nitrogens with one attached hydrogen (secondary N) is 1. The molecule has 0 fully saturated rings. The molecular formula is C17H18N4O3S. The molecule has 2 aromatic rings. The number of amides is 1. The second-order valence-corrected chi connectivity index (χ2v) is 7.24. The van der Waals surface area contributed by atoms with Crippen molar-refractivity contribution >= 4 is 27.5 Å². The Bertz CT molecular complexity index is 926. The first-order chi connectivity index (χ1) is 11.9. The highest BCUT2D eigenvalue weighted by Gasteiger charge is 2.30. The van der Waals surface area contributed by atoms with Crippen LogP contribution in [0.15, 0.2) is 63.9 Å². The second-order valence-electron chi connectivity index (χ2n) is 5.67. The summed E-state index contributed by atoms with van der Waals surface area (Å²) in [6, 6.07) is 16.0. The predicted molar refractivity (Wildman–Crippen MR) is 95.8 cm³/mol. The van der Waals surface area contributed by atoms with Crippen molar-refractivity contribution in [2.75, 3.05) is 25.6 Å². The minimum absolute atomic E-state index is 0.0279. The van der Waals surface area contributed by atoms with Gasteiger partial charge in [0.1, 0.15) is 4.90 Å². The quantitative estimate of drug-likeness (QED) is 0.832. The van der Waals surface area contributed by atoms with Gasteiger partial charge in [-0.15, -0.1) is 4.40 Å². The molecule has 8 heteroatoms. The van der Waals surface area contributed by atoms with E-state index in [1.807, 2.05) is 30.3 Å². The zero-order valence-electron chi connectivity index (χ0n) is 13.9. The maximum Gasteiger partial charge on any atom is 0.285 e. The molecule has 130 valence electrons. The molecule has 0 aromatic heterocycles. The molecule has 0 atom stereocenters. The number of anilines is 1. The number of likely N-dealkylation sites (N-methyl/N-ethyl adjacent to an activating group) is 1. The van der Waals surface area contributed by atoms with Crippen molar-refractivity contribution in [1.29, 1.82) is 0 Å². The van der Waals surface area contributed by atoms with Gasteiger partial charge in [-0.3, -0.25) is 15.2 Å². The molecule has 0 saturated carbocycles. The van der Waals surface area contributed by atoms with Gasteiger partial charge in [0.05, 0.1) is 12.2 Å². The average Bonchev–Trinajstić information content (AvgIpc) is 2.87. The van der Waals surface area contributed by atoms with Crippen molar-refractivity contribution in [3.8, 4) is 0 Å². The molecule has 1 aliphatic rings. The van der Waals surface area contributed by atoms with Gasteiger partial charge in [0.25, 0.3) is 15.9 Å². The van der Waals surface area contributed by atoms with E-state index in [1.165, 1.54) is 11.0 Å². The van der Waals surface area contributed by atoms with E-state index < -0.39 is 10.0 Å². The summed E-state index contributed by atoms with van der Waals surface area (Å²) >= 11 is 0. The van der Waals surface area contributed by atoms with E-state index >= 15 is 0 Å². The molecule has 0 saturated heterocycles. The standard InChI is InChI=1S/C17H18N4O3S/c1-20(12-16(22)18-21(2)13-8-4-3-5-9-13)17-14-10-6-7-11-15(14)25(23,24)19-17/h3-11H,12H2,1-2H3,(H,18,22). The number of carbonyl (C=O) groups is 1. The maximum atomic E-state index is 12.3. The third kappa shape index (κ3) is 3.48. The molecule has 3 rings (SSSR count). The fourth-order valence-corrected chi connectivity index (χ4v) is 3.84. The summed E-state index contributed by atoms with van der Waals surface area (Å²) in [6.45, 7) is -0.0279. The number of hydrogen-bond acceptors (Lipinski definition) is 5. The summed E-state index contributed by atoms with van der Waals surface area (Å²) in [5.41, 5.74) is 4.09. The molecule has 0 bridgehead atoms. The Morgan fingerprint density at radius 1 is 1.04 bits per heavy atom. The predicted octanol–water partition coefficient (Wildman–Crippen LogP) is 1.23. The van der Waals surface area contributed by atoms with E-state index in [9.17, 15) is 13.2 Å². The van der Waals surface area contributed by atoms with Gasteiger partial charge in [0.2, 0.25) is 0 Å². The average molecular weight is 358 g/mol. The summed E-state index contributed by atoms with van der Waals surface area (Å²) in [6.07, 6.45) is 0.